The summed E-state index contributed by atoms with van der Waals surface area (Å²) < 4.78 is 0. The van der Waals surface area contributed by atoms with Crippen molar-refractivity contribution in [3.63, 3.8) is 0 Å². The Morgan fingerprint density at radius 2 is 2.06 bits per heavy atom. The van der Waals surface area contributed by atoms with Crippen molar-refractivity contribution in [2.45, 2.75) is 33.6 Å². The predicted octanol–water partition coefficient (Wildman–Crippen LogP) is 3.84. The van der Waals surface area contributed by atoms with Crippen LogP contribution in [0, 0.1) is 0 Å². The second-order valence-electron chi connectivity index (χ2n) is 4.01. The molecule has 0 aliphatic carbocycles. The summed E-state index contributed by atoms with van der Waals surface area (Å²) in [5.41, 5.74) is 1.17. The fourth-order valence-electron chi connectivity index (χ4n) is 1.28. The third-order valence-corrected chi connectivity index (χ3v) is 2.14. The average Bonchev–Trinajstić information content (AvgIpc) is 2.30. The van der Waals surface area contributed by atoms with Crippen molar-refractivity contribution in [2.24, 2.45) is 0 Å². The third kappa shape index (κ3) is 8.26. The molecular formula is C15H23NO. The molecule has 0 spiro atoms. The van der Waals surface area contributed by atoms with Gasteiger partial charge in [0.15, 0.2) is 0 Å². The molecule has 0 radical (unpaired) electrons. The Balaban J connectivity index is 4.30. The molecule has 0 saturated heterocycles. The van der Waals surface area contributed by atoms with E-state index in [1.165, 1.54) is 5.57 Å². The first-order valence-electron chi connectivity index (χ1n) is 5.95. The number of allylic oxidation sites excluding steroid dienone is 4. The van der Waals surface area contributed by atoms with E-state index < -0.39 is 0 Å². The van der Waals surface area contributed by atoms with Crippen molar-refractivity contribution >= 4 is 5.91 Å². The molecule has 0 heterocycles. The Bertz CT molecular complexity index is 320. The summed E-state index contributed by atoms with van der Waals surface area (Å²) in [6.45, 7) is 10.2. The highest BCUT2D eigenvalue weighted by atomic mass is 16.2. The largest absolute Gasteiger partial charge is 0.319 e. The van der Waals surface area contributed by atoms with Crippen molar-refractivity contribution < 1.29 is 4.79 Å². The molecule has 0 rings (SSSR count). The van der Waals surface area contributed by atoms with Crippen LogP contribution in [0.4, 0.5) is 0 Å². The Hall–Kier alpha value is -1.57. The first kappa shape index (κ1) is 15.4. The molecular weight excluding hydrogens is 210 g/mol. The maximum absolute atomic E-state index is 11.9. The monoisotopic (exact) mass is 233 g/mol. The fraction of sp³-hybridized carbons (Fsp3) is 0.400. The number of rotatable bonds is 7. The Kier molecular flexibility index (Phi) is 8.75. The van der Waals surface area contributed by atoms with E-state index in [4.69, 9.17) is 0 Å². The maximum Gasteiger partial charge on any atom is 0.230 e. The maximum atomic E-state index is 11.9. The minimum Gasteiger partial charge on any atom is -0.319 e. The normalized spacial score (nSPS) is 10.8. The standard InChI is InChI=1S/C15H23NO/c1-5-7-8-9-13-16(12-6-2)15(17)11-10-14(3)4/h5-8,10,12H,1,9,11,13H2,2-4H3. The molecule has 0 bridgehead atoms. The van der Waals surface area contributed by atoms with Crippen LogP contribution in [-0.2, 0) is 4.79 Å². The minimum atomic E-state index is 0.135. The van der Waals surface area contributed by atoms with E-state index in [-0.39, 0.29) is 5.91 Å². The number of carbonyl (C=O) groups is 1. The predicted molar refractivity (Wildman–Crippen MR) is 74.5 cm³/mol. The molecule has 0 saturated carbocycles. The molecule has 94 valence electrons. The number of hydrogen-bond acceptors (Lipinski definition) is 1. The van der Waals surface area contributed by atoms with Gasteiger partial charge in [-0.3, -0.25) is 4.79 Å². The van der Waals surface area contributed by atoms with Crippen LogP contribution in [0.5, 0.6) is 0 Å². The number of nitrogens with zero attached hydrogens (tertiary/aromatic N) is 1. The highest BCUT2D eigenvalue weighted by Crippen LogP contribution is 2.02. The van der Waals surface area contributed by atoms with E-state index in [9.17, 15) is 4.79 Å². The van der Waals surface area contributed by atoms with Gasteiger partial charge in [-0.2, -0.15) is 0 Å². The average molecular weight is 233 g/mol. The fourth-order valence-corrected chi connectivity index (χ4v) is 1.28. The summed E-state index contributed by atoms with van der Waals surface area (Å²) in [6.07, 6.45) is 12.6. The van der Waals surface area contributed by atoms with Crippen LogP contribution in [0.2, 0.25) is 0 Å². The first-order chi connectivity index (χ1) is 8.11. The third-order valence-electron chi connectivity index (χ3n) is 2.14. The van der Waals surface area contributed by atoms with Gasteiger partial charge in [0.1, 0.15) is 0 Å². The zero-order chi connectivity index (χ0) is 13.1. The Morgan fingerprint density at radius 3 is 2.59 bits per heavy atom. The van der Waals surface area contributed by atoms with Crippen molar-refractivity contribution in [1.82, 2.24) is 4.90 Å². The van der Waals surface area contributed by atoms with Crippen molar-refractivity contribution in [3.8, 4) is 0 Å². The number of carbonyl (C=O) groups excluding carboxylic acids is 1. The molecule has 1 amide bonds. The molecule has 0 aromatic heterocycles. The lowest BCUT2D eigenvalue weighted by molar-refractivity contribution is -0.127. The molecule has 0 aliphatic rings. The second-order valence-corrected chi connectivity index (χ2v) is 4.01. The van der Waals surface area contributed by atoms with Gasteiger partial charge in [0.25, 0.3) is 0 Å². The van der Waals surface area contributed by atoms with E-state index in [0.717, 1.165) is 6.42 Å². The molecule has 0 atom stereocenters. The van der Waals surface area contributed by atoms with Crippen LogP contribution >= 0.6 is 0 Å². The lowest BCUT2D eigenvalue weighted by Crippen LogP contribution is -2.25. The quantitative estimate of drug-likeness (QED) is 0.483. The van der Waals surface area contributed by atoms with Gasteiger partial charge in [-0.25, -0.2) is 0 Å². The summed E-state index contributed by atoms with van der Waals surface area (Å²) in [4.78, 5) is 13.6. The van der Waals surface area contributed by atoms with E-state index in [1.807, 2.05) is 51.3 Å². The van der Waals surface area contributed by atoms with E-state index in [0.29, 0.717) is 13.0 Å². The van der Waals surface area contributed by atoms with Gasteiger partial charge >= 0.3 is 0 Å². The van der Waals surface area contributed by atoms with Crippen LogP contribution in [0.15, 0.2) is 48.7 Å². The van der Waals surface area contributed by atoms with E-state index in [1.54, 1.807) is 11.0 Å². The molecule has 0 unspecified atom stereocenters. The highest BCUT2D eigenvalue weighted by Gasteiger charge is 2.07. The lowest BCUT2D eigenvalue weighted by Gasteiger charge is -2.16. The van der Waals surface area contributed by atoms with Gasteiger partial charge in [0, 0.05) is 19.2 Å². The summed E-state index contributed by atoms with van der Waals surface area (Å²) in [5, 5.41) is 0. The van der Waals surface area contributed by atoms with Crippen LogP contribution in [0.1, 0.15) is 33.6 Å². The second kappa shape index (κ2) is 9.64. The smallest absolute Gasteiger partial charge is 0.230 e. The summed E-state index contributed by atoms with van der Waals surface area (Å²) in [5.74, 6) is 0.135. The summed E-state index contributed by atoms with van der Waals surface area (Å²) in [7, 11) is 0. The molecule has 0 aromatic carbocycles. The van der Waals surface area contributed by atoms with Gasteiger partial charge in [0.2, 0.25) is 5.91 Å². The highest BCUT2D eigenvalue weighted by molar-refractivity contribution is 5.78. The van der Waals surface area contributed by atoms with Gasteiger partial charge in [0.05, 0.1) is 0 Å². The zero-order valence-corrected chi connectivity index (χ0v) is 11.1. The van der Waals surface area contributed by atoms with Crippen LogP contribution < -0.4 is 0 Å². The molecule has 0 N–H and O–H groups in total. The minimum absolute atomic E-state index is 0.135. The van der Waals surface area contributed by atoms with Crippen LogP contribution in [0.25, 0.3) is 0 Å². The molecule has 0 aliphatic heterocycles. The van der Waals surface area contributed by atoms with Crippen molar-refractivity contribution in [2.75, 3.05) is 6.54 Å². The van der Waals surface area contributed by atoms with Crippen LogP contribution in [0.3, 0.4) is 0 Å². The SMILES string of the molecule is C=CC=CCCN(C=CC)C(=O)CC=C(C)C. The molecule has 2 nitrogen and oxygen atoms in total. The van der Waals surface area contributed by atoms with Crippen molar-refractivity contribution in [1.29, 1.82) is 0 Å². The van der Waals surface area contributed by atoms with Gasteiger partial charge < -0.3 is 4.90 Å². The summed E-state index contributed by atoms with van der Waals surface area (Å²) in [6, 6.07) is 0. The molecule has 0 aromatic rings. The van der Waals surface area contributed by atoms with Gasteiger partial charge in [-0.1, -0.05) is 42.5 Å². The summed E-state index contributed by atoms with van der Waals surface area (Å²) >= 11 is 0. The van der Waals surface area contributed by atoms with E-state index in [2.05, 4.69) is 6.58 Å². The number of hydrogen-bond donors (Lipinski definition) is 0. The lowest BCUT2D eigenvalue weighted by atomic mass is 10.2. The Morgan fingerprint density at radius 1 is 1.35 bits per heavy atom. The van der Waals surface area contributed by atoms with Crippen molar-refractivity contribution in [3.05, 3.63) is 48.7 Å². The molecule has 0 fully saturated rings. The zero-order valence-electron chi connectivity index (χ0n) is 11.1. The van der Waals surface area contributed by atoms with E-state index >= 15 is 0 Å². The Labute approximate surface area is 105 Å². The molecule has 2 heteroatoms. The van der Waals surface area contributed by atoms with Gasteiger partial charge in [-0.15, -0.1) is 0 Å². The van der Waals surface area contributed by atoms with Crippen LogP contribution in [-0.4, -0.2) is 17.4 Å². The first-order valence-corrected chi connectivity index (χ1v) is 5.95. The van der Waals surface area contributed by atoms with Gasteiger partial charge in [-0.05, 0) is 27.2 Å². The molecule has 17 heavy (non-hydrogen) atoms. The topological polar surface area (TPSA) is 20.3 Å². The number of amides is 1.